The van der Waals surface area contributed by atoms with Crippen molar-refractivity contribution in [2.45, 2.75) is 26.7 Å². The summed E-state index contributed by atoms with van der Waals surface area (Å²) in [6.45, 7) is 6.85. The van der Waals surface area contributed by atoms with Gasteiger partial charge in [0.2, 0.25) is 0 Å². The zero-order valence-corrected chi connectivity index (χ0v) is 9.27. The highest BCUT2D eigenvalue weighted by Gasteiger charge is 2.09. The third-order valence-electron chi connectivity index (χ3n) is 2.23. The van der Waals surface area contributed by atoms with Gasteiger partial charge in [0.1, 0.15) is 11.6 Å². The first kappa shape index (κ1) is 9.96. The van der Waals surface area contributed by atoms with Crippen LogP contribution in [0.25, 0.3) is 5.65 Å². The quantitative estimate of drug-likeness (QED) is 0.771. The molecule has 0 aliphatic carbocycles. The van der Waals surface area contributed by atoms with E-state index in [0.29, 0.717) is 12.5 Å². The maximum Gasteiger partial charge on any atom is 0.161 e. The largest absolute Gasteiger partial charge is 0.492 e. The van der Waals surface area contributed by atoms with Crippen LogP contribution in [0.4, 0.5) is 0 Å². The molecule has 0 atom stereocenters. The zero-order chi connectivity index (χ0) is 10.8. The molecule has 2 aromatic rings. The van der Waals surface area contributed by atoms with Gasteiger partial charge in [0.05, 0.1) is 12.8 Å². The van der Waals surface area contributed by atoms with Gasteiger partial charge in [-0.3, -0.25) is 4.40 Å². The molecule has 0 saturated heterocycles. The number of ether oxygens (including phenoxy) is 1. The first-order valence-electron chi connectivity index (χ1n) is 5.20. The molecule has 2 rings (SSSR count). The molecular formula is C11H15N3O. The summed E-state index contributed by atoms with van der Waals surface area (Å²) in [5.74, 6) is 2.18. The fraction of sp³-hybridized carbons (Fsp3) is 0.455. The van der Waals surface area contributed by atoms with Crippen molar-refractivity contribution in [2.24, 2.45) is 0 Å². The standard InChI is InChI=1S/C11H15N3O/c1-4-15-9-5-6-10-12-13-11(8(2)3)14(10)7-9/h5-8H,4H2,1-3H3. The van der Waals surface area contributed by atoms with E-state index >= 15 is 0 Å². The van der Waals surface area contributed by atoms with E-state index in [1.165, 1.54) is 0 Å². The fourth-order valence-corrected chi connectivity index (χ4v) is 1.53. The molecule has 15 heavy (non-hydrogen) atoms. The van der Waals surface area contributed by atoms with E-state index in [1.54, 1.807) is 0 Å². The Morgan fingerprint density at radius 1 is 1.33 bits per heavy atom. The average Bonchev–Trinajstić information content (AvgIpc) is 2.61. The summed E-state index contributed by atoms with van der Waals surface area (Å²) in [7, 11) is 0. The van der Waals surface area contributed by atoms with E-state index in [4.69, 9.17) is 4.74 Å². The minimum Gasteiger partial charge on any atom is -0.492 e. The number of rotatable bonds is 3. The second-order valence-electron chi connectivity index (χ2n) is 3.74. The van der Waals surface area contributed by atoms with E-state index in [9.17, 15) is 0 Å². The van der Waals surface area contributed by atoms with Crippen molar-refractivity contribution in [3.8, 4) is 5.75 Å². The van der Waals surface area contributed by atoms with Gasteiger partial charge in [-0.25, -0.2) is 0 Å². The molecule has 0 aromatic carbocycles. The lowest BCUT2D eigenvalue weighted by Gasteiger charge is -2.05. The van der Waals surface area contributed by atoms with Crippen LogP contribution in [0.5, 0.6) is 5.75 Å². The van der Waals surface area contributed by atoms with Crippen LogP contribution in [0.2, 0.25) is 0 Å². The van der Waals surface area contributed by atoms with Gasteiger partial charge in [-0.15, -0.1) is 10.2 Å². The lowest BCUT2D eigenvalue weighted by Crippen LogP contribution is -1.98. The number of aromatic nitrogens is 3. The van der Waals surface area contributed by atoms with Gasteiger partial charge in [-0.2, -0.15) is 0 Å². The van der Waals surface area contributed by atoms with Crippen LogP contribution in [0.1, 0.15) is 32.5 Å². The topological polar surface area (TPSA) is 39.4 Å². The van der Waals surface area contributed by atoms with Crippen molar-refractivity contribution in [1.29, 1.82) is 0 Å². The molecule has 0 unspecified atom stereocenters. The molecule has 2 aromatic heterocycles. The van der Waals surface area contributed by atoms with Crippen LogP contribution in [-0.4, -0.2) is 21.2 Å². The minimum atomic E-state index is 0.358. The van der Waals surface area contributed by atoms with E-state index in [1.807, 2.05) is 29.7 Å². The Bertz CT molecular complexity index is 462. The van der Waals surface area contributed by atoms with Crippen LogP contribution in [-0.2, 0) is 0 Å². The van der Waals surface area contributed by atoms with Crippen molar-refractivity contribution >= 4 is 5.65 Å². The van der Waals surface area contributed by atoms with E-state index < -0.39 is 0 Å². The zero-order valence-electron chi connectivity index (χ0n) is 9.27. The maximum absolute atomic E-state index is 5.44. The summed E-state index contributed by atoms with van der Waals surface area (Å²) in [4.78, 5) is 0. The van der Waals surface area contributed by atoms with Crippen LogP contribution in [0, 0.1) is 0 Å². The highest BCUT2D eigenvalue weighted by atomic mass is 16.5. The van der Waals surface area contributed by atoms with Crippen LogP contribution in [0.15, 0.2) is 18.3 Å². The lowest BCUT2D eigenvalue weighted by molar-refractivity contribution is 0.338. The monoisotopic (exact) mass is 205 g/mol. The molecule has 4 heteroatoms. The van der Waals surface area contributed by atoms with Gasteiger partial charge in [0, 0.05) is 5.92 Å². The van der Waals surface area contributed by atoms with Crippen LogP contribution >= 0.6 is 0 Å². The Kier molecular flexibility index (Phi) is 2.58. The van der Waals surface area contributed by atoms with Gasteiger partial charge in [-0.1, -0.05) is 13.8 Å². The Morgan fingerprint density at radius 2 is 2.13 bits per heavy atom. The van der Waals surface area contributed by atoms with E-state index in [0.717, 1.165) is 17.2 Å². The van der Waals surface area contributed by atoms with Gasteiger partial charge < -0.3 is 4.74 Å². The summed E-state index contributed by atoms with van der Waals surface area (Å²) in [6.07, 6.45) is 1.94. The first-order valence-corrected chi connectivity index (χ1v) is 5.20. The molecule has 0 N–H and O–H groups in total. The van der Waals surface area contributed by atoms with Crippen molar-refractivity contribution in [1.82, 2.24) is 14.6 Å². The molecule has 80 valence electrons. The van der Waals surface area contributed by atoms with Gasteiger partial charge in [-0.05, 0) is 19.1 Å². The Morgan fingerprint density at radius 3 is 2.80 bits per heavy atom. The molecular weight excluding hydrogens is 190 g/mol. The Balaban J connectivity index is 2.51. The number of hydrogen-bond donors (Lipinski definition) is 0. The van der Waals surface area contributed by atoms with Crippen LogP contribution in [0.3, 0.4) is 0 Å². The van der Waals surface area contributed by atoms with Crippen molar-refractivity contribution in [2.75, 3.05) is 6.61 Å². The molecule has 0 aliphatic heterocycles. The number of fused-ring (bicyclic) bond motifs is 1. The third-order valence-corrected chi connectivity index (χ3v) is 2.23. The normalized spacial score (nSPS) is 11.2. The molecule has 0 aliphatic rings. The van der Waals surface area contributed by atoms with Crippen molar-refractivity contribution in [3.63, 3.8) is 0 Å². The first-order chi connectivity index (χ1) is 7.22. The van der Waals surface area contributed by atoms with Gasteiger partial charge >= 0.3 is 0 Å². The van der Waals surface area contributed by atoms with Gasteiger partial charge in [0.25, 0.3) is 0 Å². The Hall–Kier alpha value is -1.58. The lowest BCUT2D eigenvalue weighted by atomic mass is 10.2. The summed E-state index contributed by atoms with van der Waals surface area (Å²) in [6, 6.07) is 3.83. The number of nitrogens with zero attached hydrogens (tertiary/aromatic N) is 3. The number of pyridine rings is 1. The maximum atomic E-state index is 5.44. The molecule has 2 heterocycles. The molecule has 0 saturated carbocycles. The molecule has 0 spiro atoms. The summed E-state index contributed by atoms with van der Waals surface area (Å²) in [5.41, 5.74) is 0.863. The second-order valence-corrected chi connectivity index (χ2v) is 3.74. The van der Waals surface area contributed by atoms with Crippen LogP contribution < -0.4 is 4.74 Å². The average molecular weight is 205 g/mol. The third kappa shape index (κ3) is 1.79. The minimum absolute atomic E-state index is 0.358. The van der Waals surface area contributed by atoms with Crippen molar-refractivity contribution < 1.29 is 4.74 Å². The smallest absolute Gasteiger partial charge is 0.161 e. The molecule has 0 bridgehead atoms. The molecule has 4 nitrogen and oxygen atoms in total. The summed E-state index contributed by atoms with van der Waals surface area (Å²) >= 11 is 0. The summed E-state index contributed by atoms with van der Waals surface area (Å²) in [5, 5.41) is 8.25. The van der Waals surface area contributed by atoms with Gasteiger partial charge in [0.15, 0.2) is 5.65 Å². The SMILES string of the molecule is CCOc1ccc2nnc(C(C)C)n2c1. The Labute approximate surface area is 88.9 Å². The molecule has 0 amide bonds. The highest BCUT2D eigenvalue weighted by molar-refractivity contribution is 5.41. The molecule has 0 radical (unpaired) electrons. The summed E-state index contributed by atoms with van der Waals surface area (Å²) < 4.78 is 7.42. The number of hydrogen-bond acceptors (Lipinski definition) is 3. The van der Waals surface area contributed by atoms with E-state index in [-0.39, 0.29) is 0 Å². The fourth-order valence-electron chi connectivity index (χ4n) is 1.53. The highest BCUT2D eigenvalue weighted by Crippen LogP contribution is 2.17. The van der Waals surface area contributed by atoms with E-state index in [2.05, 4.69) is 24.0 Å². The predicted molar refractivity (Wildman–Crippen MR) is 58.2 cm³/mol. The predicted octanol–water partition coefficient (Wildman–Crippen LogP) is 2.25. The second kappa shape index (κ2) is 3.88. The molecule has 0 fully saturated rings. The van der Waals surface area contributed by atoms with Crippen molar-refractivity contribution in [3.05, 3.63) is 24.2 Å².